The molecule has 0 aliphatic rings. The molecule has 0 fully saturated rings. The summed E-state index contributed by atoms with van der Waals surface area (Å²) in [5.41, 5.74) is -0.192. The van der Waals surface area contributed by atoms with Crippen molar-refractivity contribution in [2.75, 3.05) is 17.6 Å². The van der Waals surface area contributed by atoms with Crippen molar-refractivity contribution in [3.63, 3.8) is 0 Å². The monoisotopic (exact) mass is 375 g/mol. The number of benzene rings is 2. The zero-order valence-corrected chi connectivity index (χ0v) is 13.4. The zero-order chi connectivity index (χ0) is 15.3. The molecule has 6 heteroatoms. The molecule has 2 aromatic carbocycles. The first-order valence-electron chi connectivity index (χ1n) is 6.25. The number of rotatable bonds is 5. The molecule has 2 aromatic rings. The van der Waals surface area contributed by atoms with E-state index in [0.717, 1.165) is 22.8 Å². The predicted molar refractivity (Wildman–Crippen MR) is 84.8 cm³/mol. The van der Waals surface area contributed by atoms with Gasteiger partial charge in [0.1, 0.15) is 0 Å². The Morgan fingerprint density at radius 2 is 1.76 bits per heavy atom. The maximum atomic E-state index is 12.7. The number of halogens is 4. The van der Waals surface area contributed by atoms with Gasteiger partial charge in [-0.05, 0) is 46.3 Å². The summed E-state index contributed by atoms with van der Waals surface area (Å²) in [6, 6.07) is 13.5. The lowest BCUT2D eigenvalue weighted by Crippen LogP contribution is -2.08. The predicted octanol–water partition coefficient (Wildman–Crippen LogP) is 5.67. The van der Waals surface area contributed by atoms with Crippen LogP contribution >= 0.6 is 27.7 Å². The number of anilines is 1. The molecule has 0 spiro atoms. The smallest absolute Gasteiger partial charge is 0.383 e. The van der Waals surface area contributed by atoms with Crippen molar-refractivity contribution in [2.45, 2.75) is 11.1 Å². The van der Waals surface area contributed by atoms with E-state index >= 15 is 0 Å². The summed E-state index contributed by atoms with van der Waals surface area (Å²) in [7, 11) is 0. The molecule has 0 aliphatic heterocycles. The summed E-state index contributed by atoms with van der Waals surface area (Å²) in [5.74, 6) is 0.771. The van der Waals surface area contributed by atoms with Crippen molar-refractivity contribution in [3.8, 4) is 0 Å². The Morgan fingerprint density at radius 1 is 1.05 bits per heavy atom. The number of thioether (sulfide) groups is 1. The van der Waals surface area contributed by atoms with Gasteiger partial charge in [-0.2, -0.15) is 13.2 Å². The average Bonchev–Trinajstić information content (AvgIpc) is 2.45. The molecular weight excluding hydrogens is 363 g/mol. The number of hydrogen-bond donors (Lipinski definition) is 1. The summed E-state index contributed by atoms with van der Waals surface area (Å²) in [6.45, 7) is 0.583. The van der Waals surface area contributed by atoms with Crippen molar-refractivity contribution >= 4 is 33.4 Å². The molecular formula is C15H13BrF3NS. The molecule has 0 saturated carbocycles. The van der Waals surface area contributed by atoms with Gasteiger partial charge in [0.2, 0.25) is 0 Å². The Morgan fingerprint density at radius 3 is 2.43 bits per heavy atom. The highest BCUT2D eigenvalue weighted by molar-refractivity contribution is 9.10. The van der Waals surface area contributed by atoms with Crippen LogP contribution in [0.1, 0.15) is 5.56 Å². The van der Waals surface area contributed by atoms with E-state index in [1.165, 1.54) is 6.07 Å². The van der Waals surface area contributed by atoms with Crippen LogP contribution < -0.4 is 5.32 Å². The summed E-state index contributed by atoms with van der Waals surface area (Å²) in [6.07, 6.45) is -4.32. The molecule has 0 heterocycles. The number of hydrogen-bond acceptors (Lipinski definition) is 2. The quantitative estimate of drug-likeness (QED) is 0.533. The average molecular weight is 376 g/mol. The molecule has 0 aliphatic carbocycles. The van der Waals surface area contributed by atoms with Crippen LogP contribution in [0.25, 0.3) is 0 Å². The topological polar surface area (TPSA) is 12.0 Å². The molecule has 21 heavy (non-hydrogen) atoms. The SMILES string of the molecule is FC(F)(F)c1ccc(Br)c(NCCSc2ccccc2)c1. The van der Waals surface area contributed by atoms with Crippen LogP contribution in [0.4, 0.5) is 18.9 Å². The van der Waals surface area contributed by atoms with E-state index in [1.807, 2.05) is 30.3 Å². The van der Waals surface area contributed by atoms with Crippen molar-refractivity contribution in [1.29, 1.82) is 0 Å². The van der Waals surface area contributed by atoms with Gasteiger partial charge in [-0.25, -0.2) is 0 Å². The molecule has 0 aromatic heterocycles. The minimum absolute atomic E-state index is 0.457. The van der Waals surface area contributed by atoms with Crippen molar-refractivity contribution in [1.82, 2.24) is 0 Å². The highest BCUT2D eigenvalue weighted by atomic mass is 79.9. The first-order valence-corrected chi connectivity index (χ1v) is 8.03. The summed E-state index contributed by atoms with van der Waals surface area (Å²) in [5, 5.41) is 3.03. The summed E-state index contributed by atoms with van der Waals surface area (Å²) < 4.78 is 38.6. The van der Waals surface area contributed by atoms with E-state index in [-0.39, 0.29) is 0 Å². The molecule has 1 N–H and O–H groups in total. The Bertz CT molecular complexity index is 587. The largest absolute Gasteiger partial charge is 0.416 e. The lowest BCUT2D eigenvalue weighted by Gasteiger charge is -2.12. The molecule has 0 atom stereocenters. The summed E-state index contributed by atoms with van der Waals surface area (Å²) in [4.78, 5) is 1.14. The van der Waals surface area contributed by atoms with E-state index in [4.69, 9.17) is 0 Å². The lowest BCUT2D eigenvalue weighted by molar-refractivity contribution is -0.137. The molecule has 0 unspecified atom stereocenters. The van der Waals surface area contributed by atoms with Gasteiger partial charge in [-0.3, -0.25) is 0 Å². The number of nitrogens with one attached hydrogen (secondary N) is 1. The minimum atomic E-state index is -4.32. The van der Waals surface area contributed by atoms with Gasteiger partial charge in [0, 0.05) is 27.4 Å². The maximum Gasteiger partial charge on any atom is 0.416 e. The second-order valence-corrected chi connectivity index (χ2v) is 6.30. The summed E-state index contributed by atoms with van der Waals surface area (Å²) >= 11 is 4.91. The van der Waals surface area contributed by atoms with Crippen LogP contribution in [0.3, 0.4) is 0 Å². The molecule has 0 bridgehead atoms. The van der Waals surface area contributed by atoms with Gasteiger partial charge in [0.05, 0.1) is 5.56 Å². The van der Waals surface area contributed by atoms with Gasteiger partial charge in [0.15, 0.2) is 0 Å². The van der Waals surface area contributed by atoms with Crippen molar-refractivity contribution in [2.24, 2.45) is 0 Å². The highest BCUT2D eigenvalue weighted by Crippen LogP contribution is 2.34. The maximum absolute atomic E-state index is 12.7. The first kappa shape index (κ1) is 16.2. The van der Waals surface area contributed by atoms with Crippen LogP contribution in [-0.4, -0.2) is 12.3 Å². The Hall–Kier alpha value is -1.14. The Kier molecular flexibility index (Phi) is 5.58. The molecule has 2 rings (SSSR count). The molecule has 112 valence electrons. The van der Waals surface area contributed by atoms with Gasteiger partial charge in [-0.15, -0.1) is 11.8 Å². The fourth-order valence-electron chi connectivity index (χ4n) is 1.71. The van der Waals surface area contributed by atoms with E-state index in [9.17, 15) is 13.2 Å². The van der Waals surface area contributed by atoms with Crippen LogP contribution in [0.2, 0.25) is 0 Å². The zero-order valence-electron chi connectivity index (χ0n) is 11.0. The molecule has 0 radical (unpaired) electrons. The van der Waals surface area contributed by atoms with E-state index in [0.29, 0.717) is 16.7 Å². The van der Waals surface area contributed by atoms with Crippen LogP contribution in [0, 0.1) is 0 Å². The Balaban J connectivity index is 1.91. The lowest BCUT2D eigenvalue weighted by atomic mass is 10.2. The third kappa shape index (κ3) is 4.97. The molecule has 1 nitrogen and oxygen atoms in total. The van der Waals surface area contributed by atoms with E-state index in [2.05, 4.69) is 21.2 Å². The fourth-order valence-corrected chi connectivity index (χ4v) is 2.88. The van der Waals surface area contributed by atoms with Crippen molar-refractivity contribution < 1.29 is 13.2 Å². The highest BCUT2D eigenvalue weighted by Gasteiger charge is 2.30. The fraction of sp³-hybridized carbons (Fsp3) is 0.200. The van der Waals surface area contributed by atoms with Crippen LogP contribution in [0.5, 0.6) is 0 Å². The normalized spacial score (nSPS) is 11.4. The molecule has 0 saturated heterocycles. The van der Waals surface area contributed by atoms with Gasteiger partial charge < -0.3 is 5.32 Å². The standard InChI is InChI=1S/C15H13BrF3NS/c16-13-7-6-11(15(17,18)19)10-14(13)20-8-9-21-12-4-2-1-3-5-12/h1-7,10,20H,8-9H2. The second-order valence-electron chi connectivity index (χ2n) is 4.28. The van der Waals surface area contributed by atoms with Gasteiger partial charge in [0.25, 0.3) is 0 Å². The van der Waals surface area contributed by atoms with Gasteiger partial charge >= 0.3 is 6.18 Å². The Labute approximate surface area is 134 Å². The van der Waals surface area contributed by atoms with E-state index < -0.39 is 11.7 Å². The minimum Gasteiger partial charge on any atom is -0.383 e. The van der Waals surface area contributed by atoms with Gasteiger partial charge in [-0.1, -0.05) is 18.2 Å². The first-order chi connectivity index (χ1) is 9.97. The van der Waals surface area contributed by atoms with E-state index in [1.54, 1.807) is 11.8 Å². The molecule has 0 amide bonds. The van der Waals surface area contributed by atoms with Crippen LogP contribution in [-0.2, 0) is 6.18 Å². The third-order valence-electron chi connectivity index (χ3n) is 2.72. The second kappa shape index (κ2) is 7.22. The van der Waals surface area contributed by atoms with Crippen LogP contribution in [0.15, 0.2) is 57.9 Å². The third-order valence-corrected chi connectivity index (χ3v) is 4.43. The van der Waals surface area contributed by atoms with Crippen molar-refractivity contribution in [3.05, 3.63) is 58.6 Å². The number of alkyl halides is 3.